The molecule has 186 valence electrons. The maximum atomic E-state index is 10.2. The van der Waals surface area contributed by atoms with Crippen LogP contribution in [-0.4, -0.2) is 30.6 Å². The average molecular weight is 487 g/mol. The summed E-state index contributed by atoms with van der Waals surface area (Å²) in [6.07, 6.45) is 2.34. The SMILES string of the molecule is Oc1cc(O)cc(CC[C@@H](Cc2cccc(O)c2)[C@H](Cc2cccc(O)c2)c2cc(O)cc(O)c2)c1. The molecule has 0 saturated carbocycles. The molecule has 6 heteroatoms. The fourth-order valence-electron chi connectivity index (χ4n) is 4.91. The number of hydrogen-bond donors (Lipinski definition) is 6. The van der Waals surface area contributed by atoms with E-state index in [0.717, 1.165) is 22.3 Å². The first-order chi connectivity index (χ1) is 17.2. The van der Waals surface area contributed by atoms with Gasteiger partial charge in [-0.3, -0.25) is 0 Å². The Morgan fingerprint density at radius 3 is 1.47 bits per heavy atom. The van der Waals surface area contributed by atoms with Crippen LogP contribution in [0.25, 0.3) is 0 Å². The molecule has 36 heavy (non-hydrogen) atoms. The van der Waals surface area contributed by atoms with Crippen molar-refractivity contribution in [3.05, 3.63) is 107 Å². The Hall–Kier alpha value is -4.32. The molecule has 6 nitrogen and oxygen atoms in total. The van der Waals surface area contributed by atoms with Crippen molar-refractivity contribution in [1.82, 2.24) is 0 Å². The Morgan fingerprint density at radius 1 is 0.472 bits per heavy atom. The second-order valence-corrected chi connectivity index (χ2v) is 9.29. The van der Waals surface area contributed by atoms with E-state index in [1.54, 1.807) is 60.7 Å². The highest BCUT2D eigenvalue weighted by Crippen LogP contribution is 2.38. The van der Waals surface area contributed by atoms with Crippen molar-refractivity contribution in [3.8, 4) is 34.5 Å². The van der Waals surface area contributed by atoms with Gasteiger partial charge in [-0.05, 0) is 108 Å². The first kappa shape index (κ1) is 24.8. The highest BCUT2D eigenvalue weighted by molar-refractivity contribution is 5.41. The molecular formula is C30H30O6. The molecule has 0 radical (unpaired) electrons. The van der Waals surface area contributed by atoms with Gasteiger partial charge in [-0.15, -0.1) is 0 Å². The van der Waals surface area contributed by atoms with Gasteiger partial charge in [0.25, 0.3) is 0 Å². The second-order valence-electron chi connectivity index (χ2n) is 9.29. The molecule has 0 aliphatic carbocycles. The minimum absolute atomic E-state index is 0.0104. The summed E-state index contributed by atoms with van der Waals surface area (Å²) in [5.41, 5.74) is 3.37. The number of rotatable bonds is 9. The third kappa shape index (κ3) is 6.63. The summed E-state index contributed by atoms with van der Waals surface area (Å²) in [4.78, 5) is 0. The lowest BCUT2D eigenvalue weighted by Crippen LogP contribution is -2.19. The van der Waals surface area contributed by atoms with Gasteiger partial charge in [0.05, 0.1) is 0 Å². The summed E-state index contributed by atoms with van der Waals surface area (Å²) >= 11 is 0. The smallest absolute Gasteiger partial charge is 0.119 e. The summed E-state index contributed by atoms with van der Waals surface area (Å²) < 4.78 is 0. The Morgan fingerprint density at radius 2 is 0.944 bits per heavy atom. The van der Waals surface area contributed by atoms with Gasteiger partial charge in [0.2, 0.25) is 0 Å². The maximum Gasteiger partial charge on any atom is 0.119 e. The molecule has 0 unspecified atom stereocenters. The highest BCUT2D eigenvalue weighted by atomic mass is 16.3. The van der Waals surface area contributed by atoms with Gasteiger partial charge in [-0.1, -0.05) is 24.3 Å². The standard InChI is InChI=1S/C30H30O6/c31-24-5-1-3-19(10-24)9-22(8-7-21-12-26(33)17-27(34)13-21)30(14-20-4-2-6-25(32)11-20)23-15-28(35)18-29(36)16-23/h1-6,10-13,15-18,22,30-36H,7-9,14H2/t22-,30-/m0/s1. The zero-order valence-electron chi connectivity index (χ0n) is 19.7. The minimum atomic E-state index is -0.168. The third-order valence-corrected chi connectivity index (χ3v) is 6.46. The van der Waals surface area contributed by atoms with Crippen molar-refractivity contribution in [1.29, 1.82) is 0 Å². The van der Waals surface area contributed by atoms with Crippen LogP contribution < -0.4 is 0 Å². The third-order valence-electron chi connectivity index (χ3n) is 6.46. The molecule has 0 aliphatic rings. The predicted octanol–water partition coefficient (Wildman–Crippen LogP) is 5.74. The summed E-state index contributed by atoms with van der Waals surface area (Å²) in [6.45, 7) is 0. The van der Waals surface area contributed by atoms with Gasteiger partial charge >= 0.3 is 0 Å². The second kappa shape index (κ2) is 11.0. The lowest BCUT2D eigenvalue weighted by molar-refractivity contribution is 0.382. The number of aryl methyl sites for hydroxylation is 1. The molecule has 4 rings (SSSR count). The summed E-state index contributed by atoms with van der Waals surface area (Å²) in [5, 5.41) is 60.4. The zero-order valence-corrected chi connectivity index (χ0v) is 19.7. The van der Waals surface area contributed by atoms with Gasteiger partial charge in [0.15, 0.2) is 0 Å². The quantitative estimate of drug-likeness (QED) is 0.179. The molecule has 0 spiro atoms. The fraction of sp³-hybridized carbons (Fsp3) is 0.200. The van der Waals surface area contributed by atoms with Crippen molar-refractivity contribution in [3.63, 3.8) is 0 Å². The number of benzene rings is 4. The summed E-state index contributed by atoms with van der Waals surface area (Å²) in [7, 11) is 0. The minimum Gasteiger partial charge on any atom is -0.508 e. The van der Waals surface area contributed by atoms with E-state index in [0.29, 0.717) is 25.7 Å². The normalized spacial score (nSPS) is 12.8. The molecule has 0 saturated heterocycles. The summed E-state index contributed by atoms with van der Waals surface area (Å²) in [5.74, 6) is 0.0266. The molecule has 0 fully saturated rings. The number of aromatic hydroxyl groups is 6. The first-order valence-corrected chi connectivity index (χ1v) is 11.9. The number of hydrogen-bond acceptors (Lipinski definition) is 6. The zero-order chi connectivity index (χ0) is 25.7. The average Bonchev–Trinajstić information content (AvgIpc) is 2.79. The Balaban J connectivity index is 1.73. The molecule has 0 bridgehead atoms. The summed E-state index contributed by atoms with van der Waals surface area (Å²) in [6, 6.07) is 23.2. The molecule has 0 heterocycles. The van der Waals surface area contributed by atoms with Crippen molar-refractivity contribution < 1.29 is 30.6 Å². The van der Waals surface area contributed by atoms with Crippen molar-refractivity contribution >= 4 is 0 Å². The van der Waals surface area contributed by atoms with E-state index in [1.807, 2.05) is 12.1 Å². The van der Waals surface area contributed by atoms with Crippen molar-refractivity contribution in [2.24, 2.45) is 5.92 Å². The highest BCUT2D eigenvalue weighted by Gasteiger charge is 2.26. The van der Waals surface area contributed by atoms with E-state index in [2.05, 4.69) is 0 Å². The monoisotopic (exact) mass is 486 g/mol. The van der Waals surface area contributed by atoms with E-state index < -0.39 is 0 Å². The Bertz CT molecular complexity index is 1290. The van der Waals surface area contributed by atoms with Gasteiger partial charge < -0.3 is 30.6 Å². The van der Waals surface area contributed by atoms with Crippen LogP contribution in [0.5, 0.6) is 34.5 Å². The van der Waals surface area contributed by atoms with E-state index in [1.165, 1.54) is 12.1 Å². The molecule has 6 N–H and O–H groups in total. The van der Waals surface area contributed by atoms with Crippen LogP contribution in [0.1, 0.15) is 34.6 Å². The first-order valence-electron chi connectivity index (χ1n) is 11.9. The van der Waals surface area contributed by atoms with Gasteiger partial charge in [-0.2, -0.15) is 0 Å². The van der Waals surface area contributed by atoms with Gasteiger partial charge in [0, 0.05) is 12.1 Å². The number of phenolic OH excluding ortho intramolecular Hbond substituents is 6. The van der Waals surface area contributed by atoms with Crippen LogP contribution in [0.3, 0.4) is 0 Å². The van der Waals surface area contributed by atoms with Gasteiger partial charge in [-0.25, -0.2) is 0 Å². The Labute approximate surface area is 210 Å². The van der Waals surface area contributed by atoms with Crippen LogP contribution in [-0.2, 0) is 19.3 Å². The topological polar surface area (TPSA) is 121 Å². The van der Waals surface area contributed by atoms with E-state index >= 15 is 0 Å². The Kier molecular flexibility index (Phi) is 7.54. The van der Waals surface area contributed by atoms with Crippen LogP contribution in [0.2, 0.25) is 0 Å². The molecule has 0 aromatic heterocycles. The van der Waals surface area contributed by atoms with E-state index in [4.69, 9.17) is 0 Å². The fourth-order valence-corrected chi connectivity index (χ4v) is 4.91. The lowest BCUT2D eigenvalue weighted by atomic mass is 9.75. The molecule has 4 aromatic carbocycles. The van der Waals surface area contributed by atoms with Crippen LogP contribution in [0, 0.1) is 5.92 Å². The van der Waals surface area contributed by atoms with Crippen molar-refractivity contribution in [2.45, 2.75) is 31.6 Å². The molecular weight excluding hydrogens is 456 g/mol. The lowest BCUT2D eigenvalue weighted by Gasteiger charge is -2.29. The molecule has 0 amide bonds. The van der Waals surface area contributed by atoms with Crippen molar-refractivity contribution in [2.75, 3.05) is 0 Å². The molecule has 4 aromatic rings. The van der Waals surface area contributed by atoms with Crippen LogP contribution in [0.15, 0.2) is 84.9 Å². The molecule has 2 atom stereocenters. The van der Waals surface area contributed by atoms with Gasteiger partial charge in [0.1, 0.15) is 34.5 Å². The largest absolute Gasteiger partial charge is 0.508 e. The predicted molar refractivity (Wildman–Crippen MR) is 138 cm³/mol. The van der Waals surface area contributed by atoms with Crippen LogP contribution in [0.4, 0.5) is 0 Å². The maximum absolute atomic E-state index is 10.2. The number of phenols is 6. The van der Waals surface area contributed by atoms with E-state index in [9.17, 15) is 30.6 Å². The van der Waals surface area contributed by atoms with E-state index in [-0.39, 0.29) is 46.3 Å². The molecule has 0 aliphatic heterocycles. The van der Waals surface area contributed by atoms with Crippen LogP contribution >= 0.6 is 0 Å².